The molecule has 0 bridgehead atoms. The van der Waals surface area contributed by atoms with E-state index in [9.17, 15) is 9.59 Å². The Bertz CT molecular complexity index is 301. The lowest BCUT2D eigenvalue weighted by molar-refractivity contribution is -0.139. The lowest BCUT2D eigenvalue weighted by Crippen LogP contribution is -2.50. The highest BCUT2D eigenvalue weighted by atomic mass is 16.5. The van der Waals surface area contributed by atoms with E-state index < -0.39 is 12.0 Å². The number of nitrogens with zero attached hydrogens (tertiary/aromatic N) is 1. The summed E-state index contributed by atoms with van der Waals surface area (Å²) in [4.78, 5) is 24.7. The summed E-state index contributed by atoms with van der Waals surface area (Å²) in [5, 5.41) is 11.6. The lowest BCUT2D eigenvalue weighted by Gasteiger charge is -2.32. The van der Waals surface area contributed by atoms with Gasteiger partial charge in [0.05, 0.1) is 0 Å². The number of amides is 2. The quantitative estimate of drug-likeness (QED) is 0.764. The van der Waals surface area contributed by atoms with Crippen LogP contribution in [0.1, 0.15) is 32.6 Å². The van der Waals surface area contributed by atoms with E-state index in [1.165, 1.54) is 7.11 Å². The number of rotatable bonds is 6. The Morgan fingerprint density at radius 3 is 2.53 bits per heavy atom. The molecule has 0 aliphatic carbocycles. The number of aliphatic carboxylic acids is 1. The molecule has 19 heavy (non-hydrogen) atoms. The number of hydrogen-bond acceptors (Lipinski definition) is 3. The summed E-state index contributed by atoms with van der Waals surface area (Å²) in [6.07, 6.45) is 3.42. The number of carbonyl (C=O) groups excluding carboxylic acids is 1. The van der Waals surface area contributed by atoms with Gasteiger partial charge in [0.15, 0.2) is 0 Å². The number of carboxylic acid groups (broad SMARTS) is 1. The average molecular weight is 272 g/mol. The second-order valence-electron chi connectivity index (χ2n) is 4.96. The molecule has 6 nitrogen and oxygen atoms in total. The number of urea groups is 1. The molecule has 0 aromatic rings. The fourth-order valence-electron chi connectivity index (χ4n) is 2.28. The third-order valence-corrected chi connectivity index (χ3v) is 3.69. The topological polar surface area (TPSA) is 78.9 Å². The number of methoxy groups -OCH3 is 1. The predicted octanol–water partition coefficient (Wildman–Crippen LogP) is 1.31. The molecule has 1 atom stereocenters. The van der Waals surface area contributed by atoms with Crippen molar-refractivity contribution in [1.82, 2.24) is 10.2 Å². The minimum atomic E-state index is -1.02. The van der Waals surface area contributed by atoms with Crippen molar-refractivity contribution in [1.29, 1.82) is 0 Å². The van der Waals surface area contributed by atoms with Crippen LogP contribution >= 0.6 is 0 Å². The van der Waals surface area contributed by atoms with Crippen molar-refractivity contribution in [3.63, 3.8) is 0 Å². The molecule has 1 aliphatic rings. The normalized spacial score (nSPS) is 18.1. The molecule has 6 heteroatoms. The van der Waals surface area contributed by atoms with Crippen LogP contribution in [0.2, 0.25) is 0 Å². The molecule has 1 heterocycles. The van der Waals surface area contributed by atoms with Gasteiger partial charge in [-0.1, -0.05) is 13.3 Å². The van der Waals surface area contributed by atoms with Crippen molar-refractivity contribution >= 4 is 12.0 Å². The number of carbonyl (C=O) groups is 2. The van der Waals surface area contributed by atoms with E-state index in [0.717, 1.165) is 19.3 Å². The Labute approximate surface area is 114 Å². The molecule has 1 rings (SSSR count). The van der Waals surface area contributed by atoms with Gasteiger partial charge in [0.25, 0.3) is 0 Å². The fourth-order valence-corrected chi connectivity index (χ4v) is 2.28. The van der Waals surface area contributed by atoms with Gasteiger partial charge >= 0.3 is 12.0 Å². The monoisotopic (exact) mass is 272 g/mol. The molecule has 1 unspecified atom stereocenters. The zero-order valence-corrected chi connectivity index (χ0v) is 11.7. The van der Waals surface area contributed by atoms with Crippen LogP contribution < -0.4 is 5.32 Å². The molecule has 0 aromatic heterocycles. The molecule has 2 amide bonds. The van der Waals surface area contributed by atoms with E-state index >= 15 is 0 Å². The van der Waals surface area contributed by atoms with Crippen LogP contribution in [0.25, 0.3) is 0 Å². The van der Waals surface area contributed by atoms with Gasteiger partial charge in [-0.15, -0.1) is 0 Å². The summed E-state index contributed by atoms with van der Waals surface area (Å²) < 4.78 is 4.85. The minimum Gasteiger partial charge on any atom is -0.480 e. The maximum atomic E-state index is 12.0. The number of likely N-dealkylation sites (tertiary alicyclic amines) is 1. The summed E-state index contributed by atoms with van der Waals surface area (Å²) in [6, 6.07) is -1.16. The number of nitrogens with one attached hydrogen (secondary N) is 1. The summed E-state index contributed by atoms with van der Waals surface area (Å²) >= 11 is 0. The maximum absolute atomic E-state index is 12.0. The Hall–Kier alpha value is -1.30. The highest BCUT2D eigenvalue weighted by molar-refractivity contribution is 5.82. The van der Waals surface area contributed by atoms with Gasteiger partial charge in [0.2, 0.25) is 0 Å². The molecule has 1 saturated heterocycles. The van der Waals surface area contributed by atoms with Crippen molar-refractivity contribution in [3.05, 3.63) is 0 Å². The first-order valence-corrected chi connectivity index (χ1v) is 6.85. The SMILES string of the molecule is CCC1CCN(C(=O)NC(CCOC)C(=O)O)CC1. The number of piperidine rings is 1. The van der Waals surface area contributed by atoms with Crippen molar-refractivity contribution in [2.24, 2.45) is 5.92 Å². The lowest BCUT2D eigenvalue weighted by atomic mass is 9.95. The van der Waals surface area contributed by atoms with Crippen LogP contribution in [0.3, 0.4) is 0 Å². The summed E-state index contributed by atoms with van der Waals surface area (Å²) in [7, 11) is 1.51. The molecule has 0 radical (unpaired) electrons. The van der Waals surface area contributed by atoms with Crippen LogP contribution in [0, 0.1) is 5.92 Å². The average Bonchev–Trinajstić information content (AvgIpc) is 2.43. The van der Waals surface area contributed by atoms with Gasteiger partial charge in [0, 0.05) is 33.2 Å². The Balaban J connectivity index is 2.42. The van der Waals surface area contributed by atoms with E-state index in [1.54, 1.807) is 4.90 Å². The smallest absolute Gasteiger partial charge is 0.326 e. The van der Waals surface area contributed by atoms with Gasteiger partial charge in [-0.3, -0.25) is 0 Å². The van der Waals surface area contributed by atoms with Crippen molar-refractivity contribution in [2.75, 3.05) is 26.8 Å². The number of carboxylic acids is 1. The van der Waals surface area contributed by atoms with Crippen LogP contribution in [-0.4, -0.2) is 54.9 Å². The first-order chi connectivity index (χ1) is 9.08. The molecular formula is C13H24N2O4. The van der Waals surface area contributed by atoms with Crippen molar-refractivity contribution < 1.29 is 19.4 Å². The van der Waals surface area contributed by atoms with E-state index in [-0.39, 0.29) is 12.5 Å². The zero-order chi connectivity index (χ0) is 14.3. The molecule has 0 saturated carbocycles. The van der Waals surface area contributed by atoms with Gasteiger partial charge in [0.1, 0.15) is 6.04 Å². The van der Waals surface area contributed by atoms with E-state index in [1.807, 2.05) is 0 Å². The number of hydrogen-bond donors (Lipinski definition) is 2. The minimum absolute atomic E-state index is 0.280. The fraction of sp³-hybridized carbons (Fsp3) is 0.846. The first-order valence-electron chi connectivity index (χ1n) is 6.85. The number of ether oxygens (including phenoxy) is 1. The molecule has 1 fully saturated rings. The molecule has 1 aliphatic heterocycles. The highest BCUT2D eigenvalue weighted by Gasteiger charge is 2.25. The third-order valence-electron chi connectivity index (χ3n) is 3.69. The molecule has 110 valence electrons. The van der Waals surface area contributed by atoms with Gasteiger partial charge in [-0.05, 0) is 18.8 Å². The summed E-state index contributed by atoms with van der Waals surface area (Å²) in [6.45, 7) is 3.89. The zero-order valence-electron chi connectivity index (χ0n) is 11.7. The highest BCUT2D eigenvalue weighted by Crippen LogP contribution is 2.19. The largest absolute Gasteiger partial charge is 0.480 e. The van der Waals surface area contributed by atoms with Crippen LogP contribution in [0.15, 0.2) is 0 Å². The molecule has 0 spiro atoms. The van der Waals surface area contributed by atoms with Crippen LogP contribution in [0.4, 0.5) is 4.79 Å². The standard InChI is InChI=1S/C13H24N2O4/c1-3-10-4-7-15(8-5-10)13(18)14-11(12(16)17)6-9-19-2/h10-11H,3-9H2,1-2H3,(H,14,18)(H,16,17). The van der Waals surface area contributed by atoms with E-state index in [0.29, 0.717) is 25.6 Å². The maximum Gasteiger partial charge on any atom is 0.326 e. The van der Waals surface area contributed by atoms with Gasteiger partial charge < -0.3 is 20.1 Å². The Kier molecular flexibility index (Phi) is 6.62. The molecule has 2 N–H and O–H groups in total. The summed E-state index contributed by atoms with van der Waals surface area (Å²) in [5.41, 5.74) is 0. The second kappa shape index (κ2) is 7.99. The second-order valence-corrected chi connectivity index (χ2v) is 4.96. The summed E-state index contributed by atoms with van der Waals surface area (Å²) in [5.74, 6) is -0.332. The van der Waals surface area contributed by atoms with Gasteiger partial charge in [-0.2, -0.15) is 0 Å². The van der Waals surface area contributed by atoms with Crippen molar-refractivity contribution in [2.45, 2.75) is 38.6 Å². The molecule has 0 aromatic carbocycles. The Morgan fingerprint density at radius 1 is 1.42 bits per heavy atom. The van der Waals surface area contributed by atoms with Crippen LogP contribution in [0.5, 0.6) is 0 Å². The first kappa shape index (κ1) is 15.8. The third kappa shape index (κ3) is 5.06. The Morgan fingerprint density at radius 2 is 2.05 bits per heavy atom. The van der Waals surface area contributed by atoms with Crippen molar-refractivity contribution in [3.8, 4) is 0 Å². The van der Waals surface area contributed by atoms with E-state index in [2.05, 4.69) is 12.2 Å². The van der Waals surface area contributed by atoms with Gasteiger partial charge in [-0.25, -0.2) is 9.59 Å². The predicted molar refractivity (Wildman–Crippen MR) is 71.0 cm³/mol. The van der Waals surface area contributed by atoms with Crippen LogP contribution in [-0.2, 0) is 9.53 Å². The molecular weight excluding hydrogens is 248 g/mol. The van der Waals surface area contributed by atoms with E-state index in [4.69, 9.17) is 9.84 Å².